The number of nitrogens with zero attached hydrogens (tertiary/aromatic N) is 7. The number of aromatic nitrogens is 3. The molecule has 2 aromatic heterocycles. The first-order valence-electron chi connectivity index (χ1n) is 21.7. The number of aliphatic hydroxyl groups excluding tert-OH is 1. The van der Waals surface area contributed by atoms with Crippen molar-refractivity contribution >= 4 is 35.0 Å². The number of nitrogens with one attached hydrogen (secondary N) is 2. The van der Waals surface area contributed by atoms with Gasteiger partial charge in [0.05, 0.1) is 68.2 Å². The van der Waals surface area contributed by atoms with Crippen LogP contribution in [0.5, 0.6) is 5.75 Å². The standard InChI is InChI=1S/C47H56FN9O9/c1-30-23-33(58)27-57(30)46(62)43(47(2,3)4)54-40(59)28-65-21-19-64-20-22-66-29-41(60)56-17-15-55(16-18-56)38-24-31(34-26-50-13-11-32(34)25-49)9-10-36(38)53-45(61)37-12-14-51-44(52-37)42-35(48)7-6-8-39(42)63-5/h6-14,24,26,30,33,43,58H,15-23,27-29H2,1-5H3,(H,53,61)(H,54,59)/t30-,33-,43-/m1/s1. The zero-order valence-corrected chi connectivity index (χ0v) is 37.8. The number of methoxy groups -OCH3 is 1. The first-order valence-corrected chi connectivity index (χ1v) is 21.7. The lowest BCUT2D eigenvalue weighted by atomic mass is 9.85. The van der Waals surface area contributed by atoms with Gasteiger partial charge in [-0.1, -0.05) is 32.9 Å². The molecule has 2 fully saturated rings. The maximum atomic E-state index is 14.9. The van der Waals surface area contributed by atoms with Crippen LogP contribution >= 0.6 is 0 Å². The van der Waals surface area contributed by atoms with Crippen LogP contribution in [0.4, 0.5) is 15.8 Å². The number of carbonyl (C=O) groups is 4. The van der Waals surface area contributed by atoms with Crippen LogP contribution in [0.1, 0.15) is 50.2 Å². The summed E-state index contributed by atoms with van der Waals surface area (Å²) >= 11 is 0. The molecule has 3 atom stereocenters. The lowest BCUT2D eigenvalue weighted by Crippen LogP contribution is -2.56. The van der Waals surface area contributed by atoms with E-state index in [-0.39, 0.29) is 86.9 Å². The van der Waals surface area contributed by atoms with Gasteiger partial charge in [0.25, 0.3) is 5.91 Å². The summed E-state index contributed by atoms with van der Waals surface area (Å²) < 4.78 is 36.8. The Morgan fingerprint density at radius 1 is 0.970 bits per heavy atom. The van der Waals surface area contributed by atoms with Gasteiger partial charge in [0.1, 0.15) is 36.5 Å². The Kier molecular flexibility index (Phi) is 16.7. The van der Waals surface area contributed by atoms with E-state index in [1.54, 1.807) is 40.3 Å². The first-order chi connectivity index (χ1) is 31.7. The smallest absolute Gasteiger partial charge is 0.274 e. The molecule has 3 N–H and O–H groups in total. The van der Waals surface area contributed by atoms with Gasteiger partial charge in [0.15, 0.2) is 5.82 Å². The summed E-state index contributed by atoms with van der Waals surface area (Å²) in [4.78, 5) is 70.9. The molecule has 4 amide bonds. The lowest BCUT2D eigenvalue weighted by molar-refractivity contribution is -0.141. The number of halogens is 1. The number of benzene rings is 2. The Balaban J connectivity index is 0.974. The monoisotopic (exact) mass is 909 g/mol. The predicted octanol–water partition coefficient (Wildman–Crippen LogP) is 3.69. The Morgan fingerprint density at radius 3 is 2.38 bits per heavy atom. The van der Waals surface area contributed by atoms with E-state index in [9.17, 15) is 33.9 Å². The molecule has 0 saturated carbocycles. The van der Waals surface area contributed by atoms with E-state index >= 15 is 0 Å². The third kappa shape index (κ3) is 12.4. The van der Waals surface area contributed by atoms with Crippen molar-refractivity contribution in [3.8, 4) is 34.3 Å². The summed E-state index contributed by atoms with van der Waals surface area (Å²) in [6.07, 6.45) is 4.43. The van der Waals surface area contributed by atoms with Crippen LogP contribution in [0.2, 0.25) is 0 Å². The van der Waals surface area contributed by atoms with Crippen molar-refractivity contribution in [3.63, 3.8) is 0 Å². The Hall–Kier alpha value is -6.59. The van der Waals surface area contributed by atoms with E-state index < -0.39 is 35.2 Å². The number of nitriles is 1. The number of aliphatic hydroxyl groups is 1. The van der Waals surface area contributed by atoms with E-state index in [4.69, 9.17) is 18.9 Å². The molecule has 2 aliphatic heterocycles. The second-order valence-corrected chi connectivity index (χ2v) is 17.0. The molecule has 4 heterocycles. The van der Waals surface area contributed by atoms with Crippen molar-refractivity contribution < 1.29 is 47.6 Å². The molecule has 18 nitrogen and oxygen atoms in total. The van der Waals surface area contributed by atoms with Crippen molar-refractivity contribution in [2.75, 3.05) is 89.7 Å². The van der Waals surface area contributed by atoms with Crippen LogP contribution in [-0.2, 0) is 28.6 Å². The maximum Gasteiger partial charge on any atom is 0.274 e. The number of β-amino-alcohol motifs (C(OH)–C–C–N with tert-alkyl or cyclic N) is 1. The highest BCUT2D eigenvalue weighted by molar-refractivity contribution is 6.05. The number of pyridine rings is 1. The number of amides is 4. The molecule has 6 rings (SSSR count). The molecule has 0 spiro atoms. The number of piperazine rings is 1. The first kappa shape index (κ1) is 48.9. The van der Waals surface area contributed by atoms with Gasteiger partial charge in [-0.2, -0.15) is 5.26 Å². The third-order valence-electron chi connectivity index (χ3n) is 11.2. The molecule has 19 heteroatoms. The summed E-state index contributed by atoms with van der Waals surface area (Å²) in [6, 6.07) is 14.0. The van der Waals surface area contributed by atoms with Gasteiger partial charge >= 0.3 is 0 Å². The number of anilines is 2. The summed E-state index contributed by atoms with van der Waals surface area (Å²) in [7, 11) is 1.40. The fourth-order valence-corrected chi connectivity index (χ4v) is 7.75. The van der Waals surface area contributed by atoms with Crippen molar-refractivity contribution in [2.45, 2.75) is 52.3 Å². The average Bonchev–Trinajstić information content (AvgIpc) is 3.66. The van der Waals surface area contributed by atoms with E-state index in [1.807, 2.05) is 38.7 Å². The van der Waals surface area contributed by atoms with E-state index in [0.717, 1.165) is 0 Å². The number of hydrogen-bond donors (Lipinski definition) is 3. The SMILES string of the molecule is COc1cccc(F)c1-c1nccc(C(=O)Nc2ccc(-c3cnccc3C#N)cc2N2CCN(C(=O)COCCOCCOCC(=O)N[C@H](C(=O)N3C[C@H](O)C[C@H]3C)C(C)(C)C)CC2)n1. The number of rotatable bonds is 18. The average molecular weight is 910 g/mol. The van der Waals surface area contributed by atoms with Gasteiger partial charge in [0, 0.05) is 62.9 Å². The lowest BCUT2D eigenvalue weighted by Gasteiger charge is -2.37. The number of likely N-dealkylation sites (tertiary alicyclic amines) is 1. The minimum absolute atomic E-state index is 0.0101. The molecular formula is C47H56FN9O9. The third-order valence-corrected chi connectivity index (χ3v) is 11.2. The fourth-order valence-electron chi connectivity index (χ4n) is 7.75. The molecule has 0 aliphatic carbocycles. The Morgan fingerprint density at radius 2 is 1.70 bits per heavy atom. The van der Waals surface area contributed by atoms with Gasteiger partial charge in [-0.15, -0.1) is 0 Å². The van der Waals surface area contributed by atoms with E-state index in [1.165, 1.54) is 37.7 Å². The second-order valence-electron chi connectivity index (χ2n) is 17.0. The van der Waals surface area contributed by atoms with Gasteiger partial charge in [0.2, 0.25) is 17.7 Å². The molecule has 2 aromatic carbocycles. The molecule has 4 aromatic rings. The predicted molar refractivity (Wildman–Crippen MR) is 241 cm³/mol. The zero-order valence-electron chi connectivity index (χ0n) is 37.8. The van der Waals surface area contributed by atoms with Crippen molar-refractivity contribution in [1.29, 1.82) is 5.26 Å². The summed E-state index contributed by atoms with van der Waals surface area (Å²) in [5.74, 6) is -1.85. The maximum absolute atomic E-state index is 14.9. The van der Waals surface area contributed by atoms with E-state index in [0.29, 0.717) is 60.7 Å². The van der Waals surface area contributed by atoms with Crippen molar-refractivity contribution in [2.24, 2.45) is 5.41 Å². The largest absolute Gasteiger partial charge is 0.496 e. The zero-order chi connectivity index (χ0) is 47.4. The van der Waals surface area contributed by atoms with Crippen LogP contribution in [-0.4, -0.2) is 151 Å². The summed E-state index contributed by atoms with van der Waals surface area (Å²) in [5, 5.41) is 25.5. The fraction of sp³-hybridized carbons (Fsp3) is 0.447. The van der Waals surface area contributed by atoms with Crippen molar-refractivity contribution in [3.05, 3.63) is 84.2 Å². The number of carbonyl (C=O) groups excluding carboxylic acids is 4. The minimum atomic E-state index is -0.781. The highest BCUT2D eigenvalue weighted by Gasteiger charge is 2.40. The molecule has 2 aliphatic rings. The van der Waals surface area contributed by atoms with E-state index in [2.05, 4.69) is 31.7 Å². The Labute approximate surface area is 383 Å². The topological polar surface area (TPSA) is 222 Å². The normalized spacial score (nSPS) is 16.7. The molecule has 0 bridgehead atoms. The molecule has 2 saturated heterocycles. The van der Waals surface area contributed by atoms with Crippen LogP contribution in [0.25, 0.3) is 22.5 Å². The van der Waals surface area contributed by atoms with Gasteiger partial charge in [-0.05, 0) is 60.7 Å². The van der Waals surface area contributed by atoms with Crippen LogP contribution in [0.15, 0.2) is 67.1 Å². The summed E-state index contributed by atoms with van der Waals surface area (Å²) in [6.45, 7) is 9.52. The Bertz CT molecular complexity index is 2400. The van der Waals surface area contributed by atoms with Crippen LogP contribution in [0, 0.1) is 22.6 Å². The molecule has 0 radical (unpaired) electrons. The van der Waals surface area contributed by atoms with Crippen LogP contribution < -0.4 is 20.3 Å². The molecule has 0 unspecified atom stereocenters. The van der Waals surface area contributed by atoms with Crippen LogP contribution in [0.3, 0.4) is 0 Å². The molecule has 66 heavy (non-hydrogen) atoms. The van der Waals surface area contributed by atoms with Crippen molar-refractivity contribution in [1.82, 2.24) is 30.1 Å². The minimum Gasteiger partial charge on any atom is -0.496 e. The van der Waals surface area contributed by atoms with Gasteiger partial charge in [-0.25, -0.2) is 14.4 Å². The molecule has 350 valence electrons. The number of ether oxygens (including phenoxy) is 4. The van der Waals surface area contributed by atoms with Gasteiger partial charge in [-0.3, -0.25) is 24.2 Å². The number of hydrogen-bond acceptors (Lipinski definition) is 14. The van der Waals surface area contributed by atoms with Gasteiger partial charge < -0.3 is 49.4 Å². The highest BCUT2D eigenvalue weighted by atomic mass is 19.1. The second kappa shape index (κ2) is 22.5. The quantitative estimate of drug-likeness (QED) is 0.121. The summed E-state index contributed by atoms with van der Waals surface area (Å²) in [5.41, 5.74) is 2.27. The highest BCUT2D eigenvalue weighted by Crippen LogP contribution is 2.35. The molecular weight excluding hydrogens is 854 g/mol.